The molecule has 0 fully saturated rings. The van der Waals surface area contributed by atoms with Crippen LogP contribution in [0.1, 0.15) is 11.5 Å². The van der Waals surface area contributed by atoms with Gasteiger partial charge in [0.15, 0.2) is 0 Å². The fourth-order valence-corrected chi connectivity index (χ4v) is 0.909. The van der Waals surface area contributed by atoms with Crippen LogP contribution in [0.2, 0.25) is 0 Å². The highest BCUT2D eigenvalue weighted by molar-refractivity contribution is 5.77. The summed E-state index contributed by atoms with van der Waals surface area (Å²) in [5.74, 6) is -2.52. The van der Waals surface area contributed by atoms with Crippen molar-refractivity contribution in [3.63, 3.8) is 0 Å². The molecule has 3 heteroatoms. The number of rotatable bonds is 2. The minimum Gasteiger partial charge on any atom is -0.548 e. The van der Waals surface area contributed by atoms with Crippen LogP contribution in [0, 0.1) is 11.3 Å². The second kappa shape index (κ2) is 3.54. The zero-order chi connectivity index (χ0) is 8.97. The summed E-state index contributed by atoms with van der Waals surface area (Å²) in [7, 11) is 0. The van der Waals surface area contributed by atoms with Crippen LogP contribution < -0.4 is 5.11 Å². The zero-order valence-corrected chi connectivity index (χ0v) is 6.23. The number of aliphatic carboxylic acids is 1. The lowest BCUT2D eigenvalue weighted by Crippen LogP contribution is -2.28. The molecule has 0 aliphatic carbocycles. The van der Waals surface area contributed by atoms with Crippen LogP contribution in [-0.4, -0.2) is 5.97 Å². The third kappa shape index (κ3) is 1.61. The Balaban J connectivity index is 2.98. The van der Waals surface area contributed by atoms with Crippen LogP contribution in [0.5, 0.6) is 0 Å². The SMILES string of the molecule is N#C[C@@H](C(=O)[O-])c1ccccc1. The molecule has 12 heavy (non-hydrogen) atoms. The number of benzene rings is 1. The molecule has 0 saturated carbocycles. The molecule has 0 N–H and O–H groups in total. The Morgan fingerprint density at radius 3 is 2.42 bits per heavy atom. The molecule has 0 heterocycles. The van der Waals surface area contributed by atoms with Crippen molar-refractivity contribution in [2.24, 2.45) is 0 Å². The van der Waals surface area contributed by atoms with Crippen molar-refractivity contribution >= 4 is 5.97 Å². The van der Waals surface area contributed by atoms with Crippen molar-refractivity contribution in [2.45, 2.75) is 5.92 Å². The summed E-state index contributed by atoms with van der Waals surface area (Å²) in [6.07, 6.45) is 0. The van der Waals surface area contributed by atoms with Crippen molar-refractivity contribution in [2.75, 3.05) is 0 Å². The van der Waals surface area contributed by atoms with E-state index in [9.17, 15) is 9.90 Å². The van der Waals surface area contributed by atoms with Gasteiger partial charge in [0.25, 0.3) is 0 Å². The maximum atomic E-state index is 10.4. The Labute approximate surface area is 69.9 Å². The summed E-state index contributed by atoms with van der Waals surface area (Å²) in [5.41, 5.74) is 0.458. The molecule has 1 aromatic carbocycles. The quantitative estimate of drug-likeness (QED) is 0.613. The first kappa shape index (κ1) is 8.28. The highest BCUT2D eigenvalue weighted by atomic mass is 16.4. The molecule has 60 valence electrons. The van der Waals surface area contributed by atoms with E-state index < -0.39 is 11.9 Å². The lowest BCUT2D eigenvalue weighted by molar-refractivity contribution is -0.306. The first-order valence-electron chi connectivity index (χ1n) is 3.41. The molecule has 0 bridgehead atoms. The predicted molar refractivity (Wildman–Crippen MR) is 39.8 cm³/mol. The van der Waals surface area contributed by atoms with Crippen molar-refractivity contribution < 1.29 is 9.90 Å². The standard InChI is InChI=1S/C9H7NO2/c10-6-8(9(11)12)7-4-2-1-3-5-7/h1-5,8H,(H,11,12)/p-1/t8-/m1/s1. The molecule has 0 saturated heterocycles. The predicted octanol–water partition coefficient (Wildman–Crippen LogP) is 0.0437. The Hall–Kier alpha value is -1.82. The minimum absolute atomic E-state index is 0.458. The summed E-state index contributed by atoms with van der Waals surface area (Å²) in [5, 5.41) is 18.9. The monoisotopic (exact) mass is 160 g/mol. The van der Waals surface area contributed by atoms with Crippen LogP contribution in [0.25, 0.3) is 0 Å². The molecule has 0 aliphatic rings. The van der Waals surface area contributed by atoms with E-state index in [4.69, 9.17) is 5.26 Å². The zero-order valence-electron chi connectivity index (χ0n) is 6.23. The fourth-order valence-electron chi connectivity index (χ4n) is 0.909. The number of hydrogen-bond donors (Lipinski definition) is 0. The Bertz CT molecular complexity index is 313. The number of carbonyl (C=O) groups excluding carboxylic acids is 1. The van der Waals surface area contributed by atoms with E-state index in [2.05, 4.69) is 0 Å². The highest BCUT2D eigenvalue weighted by Crippen LogP contribution is 2.12. The smallest absolute Gasteiger partial charge is 0.111 e. The van der Waals surface area contributed by atoms with Gasteiger partial charge in [-0.15, -0.1) is 0 Å². The lowest BCUT2D eigenvalue weighted by atomic mass is 10.0. The van der Waals surface area contributed by atoms with Gasteiger partial charge >= 0.3 is 0 Å². The number of hydrogen-bond acceptors (Lipinski definition) is 3. The molecule has 0 aromatic heterocycles. The summed E-state index contributed by atoms with van der Waals surface area (Å²) in [6.45, 7) is 0. The largest absolute Gasteiger partial charge is 0.548 e. The molecule has 0 unspecified atom stereocenters. The first-order valence-corrected chi connectivity index (χ1v) is 3.41. The minimum atomic E-state index is -1.36. The van der Waals surface area contributed by atoms with Crippen LogP contribution >= 0.6 is 0 Å². The highest BCUT2D eigenvalue weighted by Gasteiger charge is 2.09. The van der Waals surface area contributed by atoms with Crippen molar-refractivity contribution in [1.29, 1.82) is 5.26 Å². The maximum absolute atomic E-state index is 10.4. The van der Waals surface area contributed by atoms with Gasteiger partial charge in [0.1, 0.15) is 5.92 Å². The summed E-state index contributed by atoms with van der Waals surface area (Å²) < 4.78 is 0. The lowest BCUT2D eigenvalue weighted by Gasteiger charge is -2.08. The fraction of sp³-hybridized carbons (Fsp3) is 0.111. The van der Waals surface area contributed by atoms with Gasteiger partial charge in [-0.2, -0.15) is 5.26 Å². The van der Waals surface area contributed by atoms with Gasteiger partial charge in [-0.05, 0) is 5.56 Å². The number of carbonyl (C=O) groups is 1. The van der Waals surface area contributed by atoms with Crippen LogP contribution in [0.3, 0.4) is 0 Å². The second-order valence-electron chi connectivity index (χ2n) is 2.29. The van der Waals surface area contributed by atoms with E-state index in [0.717, 1.165) is 0 Å². The molecule has 0 spiro atoms. The maximum Gasteiger partial charge on any atom is 0.111 e. The Morgan fingerprint density at radius 1 is 1.42 bits per heavy atom. The van der Waals surface area contributed by atoms with E-state index in [1.165, 1.54) is 0 Å². The number of carboxylic acid groups (broad SMARTS) is 1. The van der Waals surface area contributed by atoms with Crippen molar-refractivity contribution in [3.8, 4) is 6.07 Å². The normalized spacial score (nSPS) is 11.6. The van der Waals surface area contributed by atoms with Gasteiger partial charge in [0.05, 0.1) is 12.0 Å². The number of carboxylic acids is 1. The average Bonchev–Trinajstić information content (AvgIpc) is 2.07. The van der Waals surface area contributed by atoms with Gasteiger partial charge in [-0.1, -0.05) is 30.3 Å². The molecule has 1 rings (SSSR count). The molecule has 3 nitrogen and oxygen atoms in total. The van der Waals surface area contributed by atoms with E-state index >= 15 is 0 Å². The van der Waals surface area contributed by atoms with E-state index in [-0.39, 0.29) is 0 Å². The van der Waals surface area contributed by atoms with Gasteiger partial charge in [-0.25, -0.2) is 0 Å². The summed E-state index contributed by atoms with van der Waals surface area (Å²) >= 11 is 0. The van der Waals surface area contributed by atoms with E-state index in [0.29, 0.717) is 5.56 Å². The summed E-state index contributed by atoms with van der Waals surface area (Å²) in [6, 6.07) is 9.95. The average molecular weight is 160 g/mol. The first-order chi connectivity index (χ1) is 5.75. The van der Waals surface area contributed by atoms with Gasteiger partial charge in [-0.3, -0.25) is 0 Å². The van der Waals surface area contributed by atoms with Crippen molar-refractivity contribution in [1.82, 2.24) is 0 Å². The van der Waals surface area contributed by atoms with Crippen molar-refractivity contribution in [3.05, 3.63) is 35.9 Å². The third-order valence-corrected chi connectivity index (χ3v) is 1.50. The Kier molecular flexibility index (Phi) is 2.44. The summed E-state index contributed by atoms with van der Waals surface area (Å²) in [4.78, 5) is 10.4. The van der Waals surface area contributed by atoms with Gasteiger partial charge in [0, 0.05) is 0 Å². The molecular weight excluding hydrogens is 154 g/mol. The van der Waals surface area contributed by atoms with Gasteiger partial charge < -0.3 is 9.90 Å². The van der Waals surface area contributed by atoms with E-state index in [1.54, 1.807) is 36.4 Å². The molecule has 0 amide bonds. The topological polar surface area (TPSA) is 63.9 Å². The van der Waals surface area contributed by atoms with Crippen LogP contribution in [0.4, 0.5) is 0 Å². The molecule has 0 aliphatic heterocycles. The van der Waals surface area contributed by atoms with Crippen LogP contribution in [-0.2, 0) is 4.79 Å². The Morgan fingerprint density at radius 2 is 2.00 bits per heavy atom. The molecule has 1 atom stereocenters. The van der Waals surface area contributed by atoms with Gasteiger partial charge in [0.2, 0.25) is 0 Å². The third-order valence-electron chi connectivity index (χ3n) is 1.50. The molecular formula is C9H6NO2-. The van der Waals surface area contributed by atoms with Crippen LogP contribution in [0.15, 0.2) is 30.3 Å². The molecule has 1 aromatic rings. The number of nitriles is 1. The van der Waals surface area contributed by atoms with E-state index in [1.807, 2.05) is 0 Å². The molecule has 0 radical (unpaired) electrons. The second-order valence-corrected chi connectivity index (χ2v) is 2.29. The number of nitrogens with zero attached hydrogens (tertiary/aromatic N) is 1.